The maximum absolute atomic E-state index is 13.4. The third kappa shape index (κ3) is 4.81. The van der Waals surface area contributed by atoms with Gasteiger partial charge >= 0.3 is 0 Å². The monoisotopic (exact) mass is 457 g/mol. The first-order valence-corrected chi connectivity index (χ1v) is 11.6. The van der Waals surface area contributed by atoms with Crippen molar-refractivity contribution in [2.24, 2.45) is 0 Å². The summed E-state index contributed by atoms with van der Waals surface area (Å²) in [7, 11) is -3.76. The Labute approximate surface area is 168 Å². The van der Waals surface area contributed by atoms with Gasteiger partial charge in [-0.05, 0) is 32.4 Å². The number of nitrogens with zero attached hydrogens (tertiary/aromatic N) is 2. The molecule has 27 heavy (non-hydrogen) atoms. The maximum Gasteiger partial charge on any atom is 0.272 e. The molecule has 0 aromatic heterocycles. The van der Waals surface area contributed by atoms with Gasteiger partial charge in [-0.2, -0.15) is 0 Å². The van der Waals surface area contributed by atoms with E-state index in [2.05, 4.69) is 27.2 Å². The number of nitro groups is 1. The number of nitro benzene ring substituents is 1. The molecule has 0 amide bonds. The average molecular weight is 458 g/mol. The highest BCUT2D eigenvalue weighted by Crippen LogP contribution is 2.37. The van der Waals surface area contributed by atoms with Gasteiger partial charge in [-0.15, -0.1) is 6.42 Å². The molecule has 1 aromatic rings. The first-order valence-electron chi connectivity index (χ1n) is 8.91. The minimum Gasteiger partial charge on any atom is -0.369 e. The Morgan fingerprint density at radius 3 is 2.56 bits per heavy atom. The predicted octanol–water partition coefficient (Wildman–Crippen LogP) is 2.71. The molecule has 148 valence electrons. The van der Waals surface area contributed by atoms with Crippen LogP contribution in [0.2, 0.25) is 0 Å². The van der Waals surface area contributed by atoms with Gasteiger partial charge in [0.15, 0.2) is 9.84 Å². The molecule has 0 aliphatic carbocycles. The van der Waals surface area contributed by atoms with E-state index in [9.17, 15) is 18.5 Å². The second kappa shape index (κ2) is 9.53. The van der Waals surface area contributed by atoms with E-state index in [1.807, 2.05) is 11.8 Å². The highest BCUT2D eigenvalue weighted by Gasteiger charge is 2.34. The second-order valence-corrected chi connectivity index (χ2v) is 9.40. The predicted molar refractivity (Wildman–Crippen MR) is 110 cm³/mol. The van der Waals surface area contributed by atoms with E-state index < -0.39 is 20.0 Å². The van der Waals surface area contributed by atoms with Gasteiger partial charge in [0.2, 0.25) is 0 Å². The smallest absolute Gasteiger partial charge is 0.272 e. The van der Waals surface area contributed by atoms with Crippen LogP contribution in [0.5, 0.6) is 0 Å². The number of non-ortho nitro benzene ring substituents is 1. The van der Waals surface area contributed by atoms with Crippen LogP contribution in [0.15, 0.2) is 17.0 Å². The quantitative estimate of drug-likeness (QED) is 0.279. The molecule has 0 saturated carbocycles. The lowest BCUT2D eigenvalue weighted by Crippen LogP contribution is -2.37. The number of halogens is 1. The van der Waals surface area contributed by atoms with Crippen LogP contribution < -0.4 is 10.2 Å². The van der Waals surface area contributed by atoms with Gasteiger partial charge in [0.25, 0.3) is 5.69 Å². The van der Waals surface area contributed by atoms with Crippen LogP contribution in [0.3, 0.4) is 0 Å². The van der Waals surface area contributed by atoms with E-state index >= 15 is 0 Å². The summed E-state index contributed by atoms with van der Waals surface area (Å²) in [6.45, 7) is 4.36. The maximum atomic E-state index is 13.4. The van der Waals surface area contributed by atoms with E-state index in [4.69, 9.17) is 6.42 Å². The van der Waals surface area contributed by atoms with Crippen molar-refractivity contribution in [1.82, 2.24) is 5.32 Å². The van der Waals surface area contributed by atoms with Gasteiger partial charge in [-0.25, -0.2) is 8.42 Å². The molecule has 1 aromatic carbocycles. The van der Waals surface area contributed by atoms with Crippen molar-refractivity contribution in [3.63, 3.8) is 0 Å². The van der Waals surface area contributed by atoms with E-state index in [1.54, 1.807) is 0 Å². The number of hydrogen-bond acceptors (Lipinski definition) is 6. The molecule has 1 N–H and O–H groups in total. The first-order chi connectivity index (χ1) is 12.9. The van der Waals surface area contributed by atoms with Crippen LogP contribution in [0, 0.1) is 22.5 Å². The molecule has 1 aliphatic heterocycles. The summed E-state index contributed by atoms with van der Waals surface area (Å²) in [4.78, 5) is 12.7. The lowest BCUT2D eigenvalue weighted by atomic mass is 10.1. The summed E-state index contributed by atoms with van der Waals surface area (Å²) in [5.74, 6) is 2.47. The van der Waals surface area contributed by atoms with E-state index in [1.165, 1.54) is 12.1 Å². The molecule has 9 heteroatoms. The molecule has 1 fully saturated rings. The Balaban J connectivity index is 2.73. The third-order valence-electron chi connectivity index (χ3n) is 4.62. The van der Waals surface area contributed by atoms with Gasteiger partial charge in [0.05, 0.1) is 26.3 Å². The van der Waals surface area contributed by atoms with Crippen LogP contribution >= 0.6 is 15.9 Å². The lowest BCUT2D eigenvalue weighted by molar-refractivity contribution is -0.385. The molecule has 0 radical (unpaired) electrons. The number of terminal acetylenes is 1. The topological polar surface area (TPSA) is 92.5 Å². The van der Waals surface area contributed by atoms with E-state index in [0.29, 0.717) is 50.0 Å². The van der Waals surface area contributed by atoms with Crippen LogP contribution in [-0.4, -0.2) is 50.1 Å². The number of alkyl halides is 1. The second-order valence-electron chi connectivity index (χ2n) is 6.41. The number of benzene rings is 1. The number of sulfone groups is 1. The standard InChI is InChI=1S/C18H24BrN3O4S/c1-3-10-21(11-7-19)18-14(4-2)12-15(22(23)24)13-17(18)27(25,26)16-5-8-20-9-6-16/h2,12-13,16,20H,3,5-11H2,1H3. The summed E-state index contributed by atoms with van der Waals surface area (Å²) in [6.07, 6.45) is 7.37. The highest BCUT2D eigenvalue weighted by atomic mass is 79.9. The Bertz CT molecular complexity index is 824. The van der Waals surface area contributed by atoms with Crippen molar-refractivity contribution in [3.05, 3.63) is 27.8 Å². The van der Waals surface area contributed by atoms with Gasteiger partial charge in [0.1, 0.15) is 0 Å². The largest absolute Gasteiger partial charge is 0.369 e. The first kappa shape index (κ1) is 21.7. The van der Waals surface area contributed by atoms with Gasteiger partial charge in [0, 0.05) is 30.6 Å². The zero-order valence-electron chi connectivity index (χ0n) is 15.3. The van der Waals surface area contributed by atoms with Crippen LogP contribution in [0.1, 0.15) is 31.7 Å². The molecular weight excluding hydrogens is 434 g/mol. The molecule has 7 nitrogen and oxygen atoms in total. The van der Waals surface area contributed by atoms with Crippen LogP contribution in [-0.2, 0) is 9.84 Å². The van der Waals surface area contributed by atoms with Crippen molar-refractivity contribution in [2.75, 3.05) is 36.4 Å². The normalized spacial score (nSPS) is 15.3. The zero-order valence-corrected chi connectivity index (χ0v) is 17.7. The number of hydrogen-bond donors (Lipinski definition) is 1. The van der Waals surface area contributed by atoms with Gasteiger partial charge < -0.3 is 10.2 Å². The minimum absolute atomic E-state index is 0.0223. The molecule has 0 unspecified atom stereocenters. The third-order valence-corrected chi connectivity index (χ3v) is 7.25. The van der Waals surface area contributed by atoms with E-state index in [-0.39, 0.29) is 16.1 Å². The fraction of sp³-hybridized carbons (Fsp3) is 0.556. The molecular formula is C18H24BrN3O4S. The van der Waals surface area contributed by atoms with E-state index in [0.717, 1.165) is 6.42 Å². The zero-order chi connectivity index (χ0) is 20.0. The summed E-state index contributed by atoms with van der Waals surface area (Å²) < 4.78 is 26.8. The number of nitrogens with one attached hydrogen (secondary N) is 1. The van der Waals surface area contributed by atoms with Crippen molar-refractivity contribution in [2.45, 2.75) is 36.3 Å². The van der Waals surface area contributed by atoms with Crippen LogP contribution in [0.4, 0.5) is 11.4 Å². The minimum atomic E-state index is -3.76. The average Bonchev–Trinajstić information content (AvgIpc) is 2.67. The molecule has 0 spiro atoms. The Hall–Kier alpha value is -1.63. The van der Waals surface area contributed by atoms with Gasteiger partial charge in [-0.1, -0.05) is 28.8 Å². The Morgan fingerprint density at radius 2 is 2.04 bits per heavy atom. The summed E-state index contributed by atoms with van der Waals surface area (Å²) >= 11 is 3.39. The fourth-order valence-corrected chi connectivity index (χ4v) is 5.78. The van der Waals surface area contributed by atoms with Crippen LogP contribution in [0.25, 0.3) is 0 Å². The van der Waals surface area contributed by atoms with Gasteiger partial charge in [-0.3, -0.25) is 10.1 Å². The summed E-state index contributed by atoms with van der Waals surface area (Å²) in [5, 5.41) is 14.6. The SMILES string of the molecule is C#Cc1cc([N+](=O)[O-])cc(S(=O)(=O)C2CCNCC2)c1N(CCC)CCBr. The van der Waals surface area contributed by atoms with Crippen molar-refractivity contribution in [1.29, 1.82) is 0 Å². The molecule has 2 rings (SSSR count). The molecule has 1 aliphatic rings. The number of anilines is 1. The van der Waals surface area contributed by atoms with Crippen molar-refractivity contribution >= 4 is 37.1 Å². The fourth-order valence-electron chi connectivity index (χ4n) is 3.34. The lowest BCUT2D eigenvalue weighted by Gasteiger charge is -2.29. The van der Waals surface area contributed by atoms with Crippen molar-refractivity contribution in [3.8, 4) is 12.3 Å². The van der Waals surface area contributed by atoms with Crippen molar-refractivity contribution < 1.29 is 13.3 Å². The summed E-state index contributed by atoms with van der Waals surface area (Å²) in [6, 6.07) is 2.46. The molecule has 1 saturated heterocycles. The molecule has 0 bridgehead atoms. The number of piperidine rings is 1. The Kier molecular flexibility index (Phi) is 7.65. The molecule has 1 heterocycles. The number of rotatable bonds is 8. The Morgan fingerprint density at radius 1 is 1.37 bits per heavy atom. The molecule has 0 atom stereocenters. The summed E-state index contributed by atoms with van der Waals surface area (Å²) in [5.41, 5.74) is 0.351. The highest BCUT2D eigenvalue weighted by molar-refractivity contribution is 9.09.